The normalized spacial score (nSPS) is 16.4. The number of aromatic carboxylic acids is 1. The number of hydrogen-bond donors (Lipinski definition) is 1. The summed E-state index contributed by atoms with van der Waals surface area (Å²) in [6.45, 7) is 0. The number of rotatable bonds is 3. The van der Waals surface area contributed by atoms with Crippen LogP contribution in [0.25, 0.3) is 10.9 Å². The lowest BCUT2D eigenvalue weighted by Gasteiger charge is -2.22. The van der Waals surface area contributed by atoms with Crippen molar-refractivity contribution in [3.63, 3.8) is 0 Å². The minimum atomic E-state index is -0.887. The molecule has 1 saturated carbocycles. The van der Waals surface area contributed by atoms with E-state index < -0.39 is 5.97 Å². The molecule has 0 radical (unpaired) electrons. The number of hydrogen-bond acceptors (Lipinski definition) is 3. The summed E-state index contributed by atoms with van der Waals surface area (Å²) in [5, 5.41) is 10.9. The molecule has 0 aliphatic heterocycles. The predicted molar refractivity (Wildman–Crippen MR) is 81.4 cm³/mol. The van der Waals surface area contributed by atoms with Crippen molar-refractivity contribution in [3.05, 3.63) is 36.0 Å². The largest absolute Gasteiger partial charge is 0.478 e. The molecule has 1 aliphatic carbocycles. The molecular formula is C16H17NO2S. The monoisotopic (exact) mass is 287 g/mol. The van der Waals surface area contributed by atoms with E-state index in [0.717, 1.165) is 15.8 Å². The minimum absolute atomic E-state index is 0.333. The van der Waals surface area contributed by atoms with E-state index in [-0.39, 0.29) is 0 Å². The SMILES string of the molecule is O=C(O)c1cnc2ccccc2c1SC1CCCCC1. The Labute approximate surface area is 122 Å². The molecule has 1 fully saturated rings. The summed E-state index contributed by atoms with van der Waals surface area (Å²) >= 11 is 1.73. The Bertz CT molecular complexity index is 635. The van der Waals surface area contributed by atoms with Gasteiger partial charge in [-0.3, -0.25) is 4.98 Å². The van der Waals surface area contributed by atoms with E-state index in [4.69, 9.17) is 0 Å². The first kappa shape index (κ1) is 13.4. The van der Waals surface area contributed by atoms with Crippen molar-refractivity contribution in [2.24, 2.45) is 0 Å². The highest BCUT2D eigenvalue weighted by molar-refractivity contribution is 8.00. The molecule has 2 aromatic rings. The average Bonchev–Trinajstić information content (AvgIpc) is 2.48. The Morgan fingerprint density at radius 1 is 1.20 bits per heavy atom. The Balaban J connectivity index is 2.04. The van der Waals surface area contributed by atoms with Gasteiger partial charge in [-0.15, -0.1) is 11.8 Å². The fourth-order valence-corrected chi connectivity index (χ4v) is 4.21. The van der Waals surface area contributed by atoms with E-state index >= 15 is 0 Å². The molecule has 1 aliphatic rings. The van der Waals surface area contributed by atoms with Gasteiger partial charge < -0.3 is 5.11 Å². The number of pyridine rings is 1. The summed E-state index contributed by atoms with van der Waals surface area (Å²) in [7, 11) is 0. The molecule has 3 nitrogen and oxygen atoms in total. The van der Waals surface area contributed by atoms with Crippen LogP contribution in [0.4, 0.5) is 0 Å². The predicted octanol–water partition coefficient (Wildman–Crippen LogP) is 4.36. The number of carbonyl (C=O) groups is 1. The number of aromatic nitrogens is 1. The van der Waals surface area contributed by atoms with Crippen LogP contribution < -0.4 is 0 Å². The van der Waals surface area contributed by atoms with Crippen molar-refractivity contribution in [2.45, 2.75) is 42.2 Å². The third-order valence-corrected chi connectivity index (χ3v) is 5.27. The molecule has 0 spiro atoms. The fraction of sp³-hybridized carbons (Fsp3) is 0.375. The van der Waals surface area contributed by atoms with Gasteiger partial charge in [0.15, 0.2) is 0 Å². The highest BCUT2D eigenvalue weighted by Crippen LogP contribution is 2.38. The van der Waals surface area contributed by atoms with Gasteiger partial charge >= 0.3 is 5.97 Å². The van der Waals surface area contributed by atoms with Crippen molar-refractivity contribution < 1.29 is 9.90 Å². The Morgan fingerprint density at radius 3 is 2.70 bits per heavy atom. The van der Waals surface area contributed by atoms with Gasteiger partial charge in [0, 0.05) is 21.7 Å². The third-order valence-electron chi connectivity index (χ3n) is 3.79. The van der Waals surface area contributed by atoms with E-state index in [1.165, 1.54) is 38.3 Å². The maximum Gasteiger partial charge on any atom is 0.338 e. The first-order valence-electron chi connectivity index (χ1n) is 7.03. The van der Waals surface area contributed by atoms with Gasteiger partial charge in [-0.2, -0.15) is 0 Å². The molecule has 104 valence electrons. The van der Waals surface area contributed by atoms with Crippen molar-refractivity contribution in [3.8, 4) is 0 Å². The number of thioether (sulfide) groups is 1. The molecular weight excluding hydrogens is 270 g/mol. The van der Waals surface area contributed by atoms with Crippen LogP contribution in [0.2, 0.25) is 0 Å². The summed E-state index contributed by atoms with van der Waals surface area (Å²) in [6, 6.07) is 7.79. The Morgan fingerprint density at radius 2 is 1.95 bits per heavy atom. The second-order valence-corrected chi connectivity index (χ2v) is 6.51. The number of nitrogens with zero attached hydrogens (tertiary/aromatic N) is 1. The minimum Gasteiger partial charge on any atom is -0.478 e. The highest BCUT2D eigenvalue weighted by Gasteiger charge is 2.20. The number of carboxylic acid groups (broad SMARTS) is 1. The zero-order valence-corrected chi connectivity index (χ0v) is 12.0. The van der Waals surface area contributed by atoms with Gasteiger partial charge in [0.2, 0.25) is 0 Å². The van der Waals surface area contributed by atoms with Crippen molar-refractivity contribution in [1.29, 1.82) is 0 Å². The molecule has 3 rings (SSSR count). The quantitative estimate of drug-likeness (QED) is 0.911. The molecule has 0 unspecified atom stereocenters. The van der Waals surface area contributed by atoms with Crippen LogP contribution in [-0.2, 0) is 0 Å². The van der Waals surface area contributed by atoms with E-state index in [2.05, 4.69) is 4.98 Å². The number of fused-ring (bicyclic) bond motifs is 1. The fourth-order valence-electron chi connectivity index (χ4n) is 2.74. The average molecular weight is 287 g/mol. The summed E-state index contributed by atoms with van der Waals surface area (Å²) in [4.78, 5) is 16.6. The van der Waals surface area contributed by atoms with E-state index in [1.54, 1.807) is 11.8 Å². The molecule has 0 atom stereocenters. The zero-order valence-electron chi connectivity index (χ0n) is 11.2. The van der Waals surface area contributed by atoms with Crippen LogP contribution in [0.1, 0.15) is 42.5 Å². The lowest BCUT2D eigenvalue weighted by atomic mass is 10.0. The summed E-state index contributed by atoms with van der Waals surface area (Å²) in [5.74, 6) is -0.887. The van der Waals surface area contributed by atoms with Crippen LogP contribution in [0, 0.1) is 0 Å². The van der Waals surface area contributed by atoms with Gasteiger partial charge in [0.1, 0.15) is 0 Å². The smallest absolute Gasteiger partial charge is 0.338 e. The van der Waals surface area contributed by atoms with Gasteiger partial charge in [-0.05, 0) is 18.9 Å². The number of carboxylic acids is 1. The molecule has 0 amide bonds. The zero-order chi connectivity index (χ0) is 13.9. The third kappa shape index (κ3) is 2.66. The maximum atomic E-state index is 11.5. The molecule has 1 N–H and O–H groups in total. The van der Waals surface area contributed by atoms with Crippen LogP contribution in [-0.4, -0.2) is 21.3 Å². The van der Waals surface area contributed by atoms with Crippen LogP contribution in [0.15, 0.2) is 35.4 Å². The molecule has 20 heavy (non-hydrogen) atoms. The van der Waals surface area contributed by atoms with Gasteiger partial charge in [-0.25, -0.2) is 4.79 Å². The molecule has 4 heteroatoms. The lowest BCUT2D eigenvalue weighted by molar-refractivity contribution is 0.0693. The van der Waals surface area contributed by atoms with Gasteiger partial charge in [0.25, 0.3) is 0 Å². The van der Waals surface area contributed by atoms with Crippen LogP contribution >= 0.6 is 11.8 Å². The maximum absolute atomic E-state index is 11.5. The number of para-hydroxylation sites is 1. The van der Waals surface area contributed by atoms with Crippen molar-refractivity contribution in [1.82, 2.24) is 4.98 Å². The van der Waals surface area contributed by atoms with Crippen molar-refractivity contribution >= 4 is 28.6 Å². The lowest BCUT2D eigenvalue weighted by Crippen LogP contribution is -2.10. The molecule has 0 bridgehead atoms. The van der Waals surface area contributed by atoms with Crippen LogP contribution in [0.3, 0.4) is 0 Å². The molecule has 1 aromatic carbocycles. The first-order chi connectivity index (χ1) is 9.75. The Kier molecular flexibility index (Phi) is 3.92. The topological polar surface area (TPSA) is 50.2 Å². The standard InChI is InChI=1S/C16H17NO2S/c18-16(19)13-10-17-14-9-5-4-8-12(14)15(13)20-11-6-2-1-3-7-11/h4-5,8-11H,1-3,6-7H2,(H,18,19). The van der Waals surface area contributed by atoms with Gasteiger partial charge in [0.05, 0.1) is 11.1 Å². The van der Waals surface area contributed by atoms with E-state index in [0.29, 0.717) is 10.8 Å². The molecule has 1 aromatic heterocycles. The second-order valence-electron chi connectivity index (χ2n) is 5.20. The van der Waals surface area contributed by atoms with E-state index in [1.807, 2.05) is 24.3 Å². The van der Waals surface area contributed by atoms with Gasteiger partial charge in [-0.1, -0.05) is 37.5 Å². The summed E-state index contributed by atoms with van der Waals surface area (Å²) < 4.78 is 0. The summed E-state index contributed by atoms with van der Waals surface area (Å²) in [5.41, 5.74) is 1.20. The summed E-state index contributed by atoms with van der Waals surface area (Å²) in [6.07, 6.45) is 7.67. The van der Waals surface area contributed by atoms with Crippen molar-refractivity contribution in [2.75, 3.05) is 0 Å². The second kappa shape index (κ2) is 5.83. The highest BCUT2D eigenvalue weighted by atomic mass is 32.2. The van der Waals surface area contributed by atoms with E-state index in [9.17, 15) is 9.90 Å². The Hall–Kier alpha value is -1.55. The molecule has 1 heterocycles. The molecule has 0 saturated heterocycles. The number of benzene rings is 1. The first-order valence-corrected chi connectivity index (χ1v) is 7.91. The van der Waals surface area contributed by atoms with Crippen LogP contribution in [0.5, 0.6) is 0 Å².